The second kappa shape index (κ2) is 8.95. The molecule has 122 valence electrons. The van der Waals surface area contributed by atoms with Crippen molar-refractivity contribution in [2.75, 3.05) is 13.2 Å². The predicted octanol–water partition coefficient (Wildman–Crippen LogP) is 3.29. The average Bonchev–Trinajstić information content (AvgIpc) is 2.57. The van der Waals surface area contributed by atoms with Crippen molar-refractivity contribution in [1.82, 2.24) is 0 Å². The number of benzene rings is 1. The first kappa shape index (κ1) is 17.0. The molecule has 0 N–H and O–H groups in total. The maximum atomic E-state index is 11.3. The Morgan fingerprint density at radius 3 is 2.96 bits per heavy atom. The summed E-state index contributed by atoms with van der Waals surface area (Å²) in [5.41, 5.74) is 9.55. The van der Waals surface area contributed by atoms with Crippen molar-refractivity contribution in [1.29, 1.82) is 0 Å². The summed E-state index contributed by atoms with van der Waals surface area (Å²) in [6.45, 7) is 2.34. The number of hydrogen-bond acceptors (Lipinski definition) is 5. The molecule has 23 heavy (non-hydrogen) atoms. The summed E-state index contributed by atoms with van der Waals surface area (Å²) in [7, 11) is 0. The third-order valence-corrected chi connectivity index (χ3v) is 3.33. The normalized spacial score (nSPS) is 24.1. The maximum Gasteiger partial charge on any atom is 0.330 e. The van der Waals surface area contributed by atoms with Crippen LogP contribution in [0.15, 0.2) is 47.6 Å². The SMILES string of the molecule is CCOC(=O)/C=C/C[C@@H]1OC(c2ccccc2)OC[C@@H]1N=[N+]=[N-]. The van der Waals surface area contributed by atoms with Gasteiger partial charge in [0.2, 0.25) is 0 Å². The summed E-state index contributed by atoms with van der Waals surface area (Å²) in [6, 6.07) is 9.09. The van der Waals surface area contributed by atoms with E-state index in [1.54, 1.807) is 13.0 Å². The van der Waals surface area contributed by atoms with Gasteiger partial charge in [-0.15, -0.1) is 0 Å². The Hall–Kier alpha value is -2.34. The quantitative estimate of drug-likeness (QED) is 0.264. The van der Waals surface area contributed by atoms with Gasteiger partial charge in [0.15, 0.2) is 6.29 Å². The van der Waals surface area contributed by atoms with Crippen molar-refractivity contribution < 1.29 is 19.0 Å². The van der Waals surface area contributed by atoms with Crippen LogP contribution in [-0.4, -0.2) is 31.3 Å². The van der Waals surface area contributed by atoms with E-state index in [0.717, 1.165) is 5.56 Å². The minimum absolute atomic E-state index is 0.265. The molecule has 2 rings (SSSR count). The zero-order valence-electron chi connectivity index (χ0n) is 12.9. The molecule has 1 aliphatic rings. The number of rotatable bonds is 6. The van der Waals surface area contributed by atoms with E-state index in [0.29, 0.717) is 13.0 Å². The molecule has 7 heteroatoms. The second-order valence-electron chi connectivity index (χ2n) is 4.91. The van der Waals surface area contributed by atoms with Crippen LogP contribution in [0.4, 0.5) is 0 Å². The molecule has 1 saturated heterocycles. The smallest absolute Gasteiger partial charge is 0.330 e. The summed E-state index contributed by atoms with van der Waals surface area (Å²) in [5, 5.41) is 3.71. The van der Waals surface area contributed by atoms with Gasteiger partial charge in [0, 0.05) is 16.6 Å². The summed E-state index contributed by atoms with van der Waals surface area (Å²) in [6.07, 6.45) is 2.57. The molecule has 1 heterocycles. The zero-order valence-corrected chi connectivity index (χ0v) is 12.9. The van der Waals surface area contributed by atoms with Gasteiger partial charge in [-0.3, -0.25) is 0 Å². The van der Waals surface area contributed by atoms with Gasteiger partial charge in [0.05, 0.1) is 25.4 Å². The summed E-state index contributed by atoms with van der Waals surface area (Å²) in [5.74, 6) is -0.403. The van der Waals surface area contributed by atoms with Crippen LogP contribution in [0.2, 0.25) is 0 Å². The van der Waals surface area contributed by atoms with E-state index in [2.05, 4.69) is 10.0 Å². The molecule has 1 unspecified atom stereocenters. The van der Waals surface area contributed by atoms with Crippen molar-refractivity contribution in [2.45, 2.75) is 31.8 Å². The molecular formula is C16H19N3O4. The Kier molecular flexibility index (Phi) is 6.62. The van der Waals surface area contributed by atoms with Crippen molar-refractivity contribution >= 4 is 5.97 Å². The van der Waals surface area contributed by atoms with Crippen molar-refractivity contribution in [3.05, 3.63) is 58.5 Å². The first-order valence-corrected chi connectivity index (χ1v) is 7.44. The van der Waals surface area contributed by atoms with E-state index in [1.807, 2.05) is 30.3 Å². The predicted molar refractivity (Wildman–Crippen MR) is 83.3 cm³/mol. The van der Waals surface area contributed by atoms with E-state index >= 15 is 0 Å². The molecule has 1 aromatic carbocycles. The van der Waals surface area contributed by atoms with Gasteiger partial charge in [-0.1, -0.05) is 41.5 Å². The highest BCUT2D eigenvalue weighted by molar-refractivity contribution is 5.81. The van der Waals surface area contributed by atoms with Gasteiger partial charge in [0.1, 0.15) is 0 Å². The highest BCUT2D eigenvalue weighted by Gasteiger charge is 2.31. The number of esters is 1. The number of carbonyl (C=O) groups excluding carboxylic acids is 1. The van der Waals surface area contributed by atoms with Crippen LogP contribution in [0, 0.1) is 0 Å². The largest absolute Gasteiger partial charge is 0.463 e. The van der Waals surface area contributed by atoms with Crippen LogP contribution >= 0.6 is 0 Å². The molecule has 1 fully saturated rings. The molecular weight excluding hydrogens is 298 g/mol. The Bertz CT molecular complexity index is 584. The van der Waals surface area contributed by atoms with Crippen LogP contribution < -0.4 is 0 Å². The minimum atomic E-state index is -0.512. The molecule has 0 amide bonds. The zero-order chi connectivity index (χ0) is 16.5. The summed E-state index contributed by atoms with van der Waals surface area (Å²) in [4.78, 5) is 14.2. The number of carbonyl (C=O) groups is 1. The van der Waals surface area contributed by atoms with E-state index < -0.39 is 18.3 Å². The first-order chi connectivity index (χ1) is 11.2. The lowest BCUT2D eigenvalue weighted by atomic mass is 10.1. The molecule has 0 aliphatic carbocycles. The second-order valence-corrected chi connectivity index (χ2v) is 4.91. The fourth-order valence-corrected chi connectivity index (χ4v) is 2.24. The third kappa shape index (κ3) is 5.10. The third-order valence-electron chi connectivity index (χ3n) is 3.33. The highest BCUT2D eigenvalue weighted by Crippen LogP contribution is 2.29. The van der Waals surface area contributed by atoms with Gasteiger partial charge in [-0.25, -0.2) is 4.79 Å². The van der Waals surface area contributed by atoms with Gasteiger partial charge in [-0.05, 0) is 18.9 Å². The van der Waals surface area contributed by atoms with Crippen LogP contribution in [0.1, 0.15) is 25.2 Å². The summed E-state index contributed by atoms with van der Waals surface area (Å²) < 4.78 is 16.3. The molecule has 0 radical (unpaired) electrons. The lowest BCUT2D eigenvalue weighted by molar-refractivity contribution is -0.223. The Morgan fingerprint density at radius 1 is 1.48 bits per heavy atom. The lowest BCUT2D eigenvalue weighted by Gasteiger charge is -2.34. The Balaban J connectivity index is 2.02. The molecule has 0 aromatic heterocycles. The monoisotopic (exact) mass is 317 g/mol. The molecule has 1 aliphatic heterocycles. The van der Waals surface area contributed by atoms with E-state index in [-0.39, 0.29) is 12.7 Å². The van der Waals surface area contributed by atoms with E-state index in [1.165, 1.54) is 6.08 Å². The van der Waals surface area contributed by atoms with E-state index in [9.17, 15) is 4.79 Å². The average molecular weight is 317 g/mol. The fraction of sp³-hybridized carbons (Fsp3) is 0.438. The van der Waals surface area contributed by atoms with Gasteiger partial charge >= 0.3 is 5.97 Å². The Labute approximate surface area is 134 Å². The van der Waals surface area contributed by atoms with Crippen molar-refractivity contribution in [3.63, 3.8) is 0 Å². The van der Waals surface area contributed by atoms with Crippen LogP contribution in [0.3, 0.4) is 0 Å². The minimum Gasteiger partial charge on any atom is -0.463 e. The van der Waals surface area contributed by atoms with E-state index in [4.69, 9.17) is 19.7 Å². The number of azide groups is 1. The van der Waals surface area contributed by atoms with Gasteiger partial charge in [0.25, 0.3) is 0 Å². The molecule has 0 bridgehead atoms. The topological polar surface area (TPSA) is 93.5 Å². The highest BCUT2D eigenvalue weighted by atomic mass is 16.7. The molecule has 1 aromatic rings. The van der Waals surface area contributed by atoms with Crippen LogP contribution in [0.5, 0.6) is 0 Å². The van der Waals surface area contributed by atoms with Gasteiger partial charge < -0.3 is 14.2 Å². The first-order valence-electron chi connectivity index (χ1n) is 7.44. The molecule has 0 spiro atoms. The Morgan fingerprint density at radius 2 is 2.26 bits per heavy atom. The number of ether oxygens (including phenoxy) is 3. The fourth-order valence-electron chi connectivity index (χ4n) is 2.24. The summed E-state index contributed by atoms with van der Waals surface area (Å²) >= 11 is 0. The van der Waals surface area contributed by atoms with Crippen molar-refractivity contribution in [2.24, 2.45) is 5.11 Å². The van der Waals surface area contributed by atoms with Crippen molar-refractivity contribution in [3.8, 4) is 0 Å². The number of nitrogens with zero attached hydrogens (tertiary/aromatic N) is 3. The molecule has 7 nitrogen and oxygen atoms in total. The van der Waals surface area contributed by atoms with Gasteiger partial charge in [-0.2, -0.15) is 0 Å². The standard InChI is InChI=1S/C16H19N3O4/c1-2-21-15(20)10-6-9-14-13(18-19-17)11-22-16(23-14)12-7-4-3-5-8-12/h3-8,10,13-14,16H,2,9,11H2,1H3/b10-6+/t13-,14-,16?/m0/s1. The lowest BCUT2D eigenvalue weighted by Crippen LogP contribution is -2.38. The molecule has 3 atom stereocenters. The van der Waals surface area contributed by atoms with Crippen LogP contribution in [-0.2, 0) is 19.0 Å². The van der Waals surface area contributed by atoms with Crippen LogP contribution in [0.25, 0.3) is 10.4 Å². The molecule has 0 saturated carbocycles. The maximum absolute atomic E-state index is 11.3. The number of hydrogen-bond donors (Lipinski definition) is 0.